The van der Waals surface area contributed by atoms with Crippen molar-refractivity contribution in [3.05, 3.63) is 259 Å². The summed E-state index contributed by atoms with van der Waals surface area (Å²) in [5.41, 5.74) is 20.3. The Morgan fingerprint density at radius 1 is 0.459 bits per heavy atom. The van der Waals surface area contributed by atoms with Gasteiger partial charge in [0.2, 0.25) is 5.88 Å². The van der Waals surface area contributed by atoms with Crippen molar-refractivity contribution >= 4 is 28.2 Å². The molecule has 12 N–H and O–H groups in total. The quantitative estimate of drug-likeness (QED) is 0.0264. The SMILES string of the molecule is CC1(C)CC(Oc2ccc(-c3ccc(-n4cc([N+](=O)[O-])cn4)cc3O)nn2)CC(C)(C)N1.CCN1CC=C(c2ccc(-c3ccc(-c4cn[nH]c4)cc3O)nn2)CC1.CN(c1ccc(-c2ccc(-c3cn[nH]c3)cc2O)nn1)C1CCNCC1.CN1CC=C(c2ccc(-c3ccc(-c4cn[nH]c4)cc3O)nn2)CC1.Oc1cc(-c2cn[nH]c2)ccc1-c1ccc(C2=CCNCC2)nn1. The van der Waals surface area contributed by atoms with Crippen molar-refractivity contribution in [2.75, 3.05) is 77.9 Å². The number of H-pyrrole nitrogens is 4. The van der Waals surface area contributed by atoms with Gasteiger partial charge in [-0.15, -0.1) is 35.7 Å². The number of ether oxygens (including phenoxy) is 1. The highest BCUT2D eigenvalue weighted by atomic mass is 16.6. The van der Waals surface area contributed by atoms with Gasteiger partial charge in [0.15, 0.2) is 5.82 Å². The van der Waals surface area contributed by atoms with Crippen LogP contribution in [0.5, 0.6) is 34.6 Å². The van der Waals surface area contributed by atoms with Gasteiger partial charge in [0.05, 0.1) is 80.9 Å². The Kier molecular flexibility index (Phi) is 28.4. The number of aromatic nitrogens is 20. The Hall–Kier alpha value is -15.4. The molecule has 0 bridgehead atoms. The van der Waals surface area contributed by atoms with Gasteiger partial charge in [0.1, 0.15) is 47.2 Å². The minimum absolute atomic E-state index is 0.0206. The first-order valence-electron chi connectivity index (χ1n) is 44.1. The number of aromatic hydroxyl groups is 5. The van der Waals surface area contributed by atoms with Crippen LogP contribution in [-0.2, 0) is 0 Å². The Bertz CT molecular complexity index is 6490. The summed E-state index contributed by atoms with van der Waals surface area (Å²) in [6.07, 6.45) is 29.9. The topological polar surface area (TPSA) is 461 Å². The number of hydrogen-bond donors (Lipinski definition) is 12. The molecule has 5 aromatic carbocycles. The molecule has 0 atom stereocenters. The largest absolute Gasteiger partial charge is 0.507 e. The molecular formula is C98H105N27O8. The second-order valence-electron chi connectivity index (χ2n) is 34.4. The van der Waals surface area contributed by atoms with Crippen LogP contribution in [0.15, 0.2) is 232 Å². The van der Waals surface area contributed by atoms with E-state index < -0.39 is 4.92 Å². The van der Waals surface area contributed by atoms with Crippen LogP contribution in [-0.4, -0.2) is 238 Å². The molecule has 133 heavy (non-hydrogen) atoms. The summed E-state index contributed by atoms with van der Waals surface area (Å²) in [6, 6.07) is 46.4. The molecule has 15 heterocycles. The molecule has 35 heteroatoms. The lowest BCUT2D eigenvalue weighted by atomic mass is 9.81. The maximum atomic E-state index is 10.8. The van der Waals surface area contributed by atoms with Crippen molar-refractivity contribution in [2.45, 2.75) is 103 Å². The fourth-order valence-electron chi connectivity index (χ4n) is 16.9. The summed E-state index contributed by atoms with van der Waals surface area (Å²) in [6.45, 7) is 19.8. The Balaban J connectivity index is 0.000000121. The number of nitro groups is 1. The van der Waals surface area contributed by atoms with Gasteiger partial charge < -0.3 is 56.0 Å². The van der Waals surface area contributed by atoms with Crippen molar-refractivity contribution in [3.8, 4) is 141 Å². The summed E-state index contributed by atoms with van der Waals surface area (Å²) in [4.78, 5) is 17.2. The zero-order valence-corrected chi connectivity index (χ0v) is 74.8. The van der Waals surface area contributed by atoms with Gasteiger partial charge in [-0.25, -0.2) is 4.68 Å². The zero-order chi connectivity index (χ0) is 92.5. The number of aromatic amines is 4. The average Bonchev–Trinajstić information content (AvgIpc) is 1.63. The first-order valence-corrected chi connectivity index (χ1v) is 44.1. The van der Waals surface area contributed by atoms with Crippen LogP contribution in [0.3, 0.4) is 0 Å². The molecule has 2 saturated heterocycles. The number of phenolic OH excluding ortho intramolecular Hbond substituents is 5. The first kappa shape index (κ1) is 90.9. The standard InChI is InChI=1S/C22H26N6O4.C20H21N5O.C19H22N6O.C19H19N5O.C18H17N5O/c1-21(2)10-16(11-22(3,4)26-21)32-20-8-7-18(24-25-20)17-6-5-14(9-19(17)29)27-13-15(12-23-27)28(30)31;1-2-25-9-7-14(8-10-25)18-5-6-19(24-23-18)17-4-3-15(11-20(17)26)16-12-21-22-13-16;1-25(15-6-8-20-9-7-15)19-5-4-17(23-24-19)16-3-2-13(10-18(16)26)14-11-21-22-12-14;1-24-8-6-13(7-9-24)17-4-5-18(23-22-17)16-3-2-14(10-19(16)25)15-11-20-21-12-15;24-18-9-13(14-10-20-21-11-14)1-2-15(18)17-4-3-16(22-23-17)12-5-7-19-8-6-12/h5-9,12-13,16,26,29H,10-11H2,1-4H3;3-7,11-13,26H,2,8-10H2,1H3,(H,21,22);2-5,10-12,15,20,26H,6-9H2,1H3,(H,21,22);2-6,10-12,25H,7-9H2,1H3,(H,20,21);1-5,9-11,19,24H,6-8H2,(H,20,21). The molecule has 0 spiro atoms. The van der Waals surface area contributed by atoms with Crippen LogP contribution in [0.2, 0.25) is 0 Å². The molecule has 0 unspecified atom stereocenters. The van der Waals surface area contributed by atoms with Crippen molar-refractivity contribution in [1.29, 1.82) is 0 Å². The van der Waals surface area contributed by atoms with Gasteiger partial charge in [0.25, 0.3) is 0 Å². The minimum Gasteiger partial charge on any atom is -0.507 e. The molecule has 0 aliphatic carbocycles. The average molecular weight is 1790 g/mol. The van der Waals surface area contributed by atoms with Gasteiger partial charge in [-0.05, 0) is 247 Å². The van der Waals surface area contributed by atoms with Gasteiger partial charge in [0, 0.05) is 157 Å². The van der Waals surface area contributed by atoms with Crippen molar-refractivity contribution in [1.82, 2.24) is 127 Å². The van der Waals surface area contributed by atoms with Gasteiger partial charge >= 0.3 is 5.69 Å². The zero-order valence-electron chi connectivity index (χ0n) is 74.8. The molecule has 15 aromatic rings. The van der Waals surface area contributed by atoms with Crippen molar-refractivity contribution < 1.29 is 35.2 Å². The summed E-state index contributed by atoms with van der Waals surface area (Å²) in [7, 11) is 4.18. The van der Waals surface area contributed by atoms with Crippen LogP contribution in [0.4, 0.5) is 11.5 Å². The van der Waals surface area contributed by atoms with Crippen LogP contribution in [0.1, 0.15) is 96.6 Å². The summed E-state index contributed by atoms with van der Waals surface area (Å²) < 4.78 is 7.43. The van der Waals surface area contributed by atoms with Crippen LogP contribution >= 0.6 is 0 Å². The third kappa shape index (κ3) is 22.9. The van der Waals surface area contributed by atoms with Crippen molar-refractivity contribution in [3.63, 3.8) is 0 Å². The Labute approximate surface area is 767 Å². The Morgan fingerprint density at radius 2 is 0.872 bits per heavy atom. The number of phenols is 5. The number of piperidine rings is 2. The molecule has 5 aliphatic rings. The molecule has 0 amide bonds. The van der Waals surface area contributed by atoms with Crippen LogP contribution in [0.25, 0.3) is 123 Å². The van der Waals surface area contributed by atoms with E-state index in [0.29, 0.717) is 73.9 Å². The molecule has 0 radical (unpaired) electrons. The van der Waals surface area contributed by atoms with E-state index in [1.165, 1.54) is 33.7 Å². The molecular weight excluding hydrogens is 1680 g/mol. The molecule has 0 saturated carbocycles. The molecule has 20 rings (SSSR count). The van der Waals surface area contributed by atoms with E-state index >= 15 is 0 Å². The van der Waals surface area contributed by atoms with Gasteiger partial charge in [-0.3, -0.25) is 35.4 Å². The molecule has 680 valence electrons. The summed E-state index contributed by atoms with van der Waals surface area (Å²) in [5.74, 6) is 1.97. The molecule has 10 aromatic heterocycles. The van der Waals surface area contributed by atoms with E-state index in [1.807, 2.05) is 97.1 Å². The third-order valence-corrected chi connectivity index (χ3v) is 23.9. The monoisotopic (exact) mass is 1790 g/mol. The highest BCUT2D eigenvalue weighted by Gasteiger charge is 2.39. The normalized spacial score (nSPS) is 15.6. The van der Waals surface area contributed by atoms with E-state index in [1.54, 1.807) is 98.1 Å². The minimum atomic E-state index is -0.525. The van der Waals surface area contributed by atoms with Crippen molar-refractivity contribution in [2.24, 2.45) is 0 Å². The lowest BCUT2D eigenvalue weighted by molar-refractivity contribution is -0.384. The number of rotatable bonds is 19. The van der Waals surface area contributed by atoms with Crippen LogP contribution < -0.4 is 25.6 Å². The highest BCUT2D eigenvalue weighted by molar-refractivity contribution is 5.79. The number of benzene rings is 5. The van der Waals surface area contributed by atoms with E-state index in [2.05, 4.69) is 194 Å². The smallest absolute Gasteiger partial charge is 0.307 e. The fraction of sp³-hybridized carbons (Fsp3) is 0.276. The lowest BCUT2D eigenvalue weighted by Crippen LogP contribution is -2.60. The number of likely N-dealkylation sites (N-methyl/N-ethyl adjacent to an activating group) is 2. The predicted octanol–water partition coefficient (Wildman–Crippen LogP) is 15.0. The van der Waals surface area contributed by atoms with E-state index in [9.17, 15) is 35.6 Å². The lowest BCUT2D eigenvalue weighted by Gasteiger charge is -2.46. The number of nitrogens with one attached hydrogen (secondary N) is 7. The second kappa shape index (κ2) is 41.6. The van der Waals surface area contributed by atoms with E-state index in [4.69, 9.17) is 4.74 Å². The predicted molar refractivity (Wildman–Crippen MR) is 509 cm³/mol. The third-order valence-electron chi connectivity index (χ3n) is 23.9. The van der Waals surface area contributed by atoms with Crippen LogP contribution in [0, 0.1) is 10.1 Å². The Morgan fingerprint density at radius 3 is 1.23 bits per heavy atom. The summed E-state index contributed by atoms with van der Waals surface area (Å²) in [5, 5.41) is 147. The second-order valence-corrected chi connectivity index (χ2v) is 34.4. The molecule has 35 nitrogen and oxygen atoms in total. The first-order chi connectivity index (χ1) is 64.5. The maximum absolute atomic E-state index is 10.8. The van der Waals surface area contributed by atoms with E-state index in [-0.39, 0.29) is 51.6 Å². The number of anilines is 1. The van der Waals surface area contributed by atoms with Gasteiger partial charge in [-0.2, -0.15) is 40.8 Å². The highest BCUT2D eigenvalue weighted by Crippen LogP contribution is 2.40. The maximum Gasteiger partial charge on any atom is 0.307 e. The molecule has 5 aliphatic heterocycles. The fourth-order valence-corrected chi connectivity index (χ4v) is 16.9. The van der Waals surface area contributed by atoms with E-state index in [0.717, 1.165) is 177 Å². The van der Waals surface area contributed by atoms with Gasteiger partial charge in [-0.1, -0.05) is 49.4 Å². The summed E-state index contributed by atoms with van der Waals surface area (Å²) >= 11 is 0. The number of nitrogens with zero attached hydrogens (tertiary/aromatic N) is 20. The molecule has 2 fully saturated rings. The number of hydrogen-bond acceptors (Lipinski definition) is 29.